The SMILES string of the molecule is CCC(CC)n1ccc(CC(=O)c2ccc(Cl)s2)n1. The molecule has 0 bridgehead atoms. The van der Waals surface area contributed by atoms with Gasteiger partial charge in [-0.2, -0.15) is 5.10 Å². The first-order valence-corrected chi connectivity index (χ1v) is 7.66. The molecule has 0 aromatic carbocycles. The third-order valence-corrected chi connectivity index (χ3v) is 4.44. The largest absolute Gasteiger partial charge is 0.293 e. The Hall–Kier alpha value is -1.13. The van der Waals surface area contributed by atoms with Gasteiger partial charge in [0.05, 0.1) is 27.4 Å². The highest BCUT2D eigenvalue weighted by molar-refractivity contribution is 7.18. The van der Waals surface area contributed by atoms with E-state index in [2.05, 4.69) is 18.9 Å². The Morgan fingerprint density at radius 2 is 2.11 bits per heavy atom. The second kappa shape index (κ2) is 6.35. The minimum absolute atomic E-state index is 0.0756. The summed E-state index contributed by atoms with van der Waals surface area (Å²) in [4.78, 5) is 12.7. The maximum absolute atomic E-state index is 12.0. The Kier molecular flexibility index (Phi) is 4.77. The predicted molar refractivity (Wildman–Crippen MR) is 79.2 cm³/mol. The monoisotopic (exact) mass is 296 g/mol. The molecule has 0 N–H and O–H groups in total. The van der Waals surface area contributed by atoms with Crippen molar-refractivity contribution in [1.82, 2.24) is 9.78 Å². The van der Waals surface area contributed by atoms with E-state index < -0.39 is 0 Å². The van der Waals surface area contributed by atoms with Crippen molar-refractivity contribution in [3.63, 3.8) is 0 Å². The van der Waals surface area contributed by atoms with Crippen LogP contribution in [0.3, 0.4) is 0 Å². The molecule has 0 aliphatic rings. The van der Waals surface area contributed by atoms with Gasteiger partial charge < -0.3 is 0 Å². The molecule has 102 valence electrons. The van der Waals surface area contributed by atoms with Crippen molar-refractivity contribution in [3.05, 3.63) is 39.3 Å². The number of ketones is 1. The standard InChI is InChI=1S/C14H17ClN2OS/c1-3-11(4-2)17-8-7-10(16-17)9-12(18)13-5-6-14(15)19-13/h5-8,11H,3-4,9H2,1-2H3. The van der Waals surface area contributed by atoms with Gasteiger partial charge in [-0.05, 0) is 31.0 Å². The summed E-state index contributed by atoms with van der Waals surface area (Å²) in [6.07, 6.45) is 4.39. The van der Waals surface area contributed by atoms with E-state index in [1.165, 1.54) is 11.3 Å². The van der Waals surface area contributed by atoms with Crippen molar-refractivity contribution in [2.75, 3.05) is 0 Å². The molecule has 19 heavy (non-hydrogen) atoms. The maximum atomic E-state index is 12.0. The van der Waals surface area contributed by atoms with E-state index in [0.717, 1.165) is 18.5 Å². The first-order valence-electron chi connectivity index (χ1n) is 6.46. The van der Waals surface area contributed by atoms with Crippen LogP contribution in [0.5, 0.6) is 0 Å². The molecule has 0 spiro atoms. The number of aromatic nitrogens is 2. The van der Waals surface area contributed by atoms with Gasteiger partial charge in [0.25, 0.3) is 0 Å². The van der Waals surface area contributed by atoms with E-state index in [-0.39, 0.29) is 5.78 Å². The lowest BCUT2D eigenvalue weighted by molar-refractivity contribution is 0.0995. The van der Waals surface area contributed by atoms with Crippen LogP contribution in [0.15, 0.2) is 24.4 Å². The number of nitrogens with zero attached hydrogens (tertiary/aromatic N) is 2. The number of hydrogen-bond acceptors (Lipinski definition) is 3. The average molecular weight is 297 g/mol. The van der Waals surface area contributed by atoms with Crippen LogP contribution < -0.4 is 0 Å². The summed E-state index contributed by atoms with van der Waals surface area (Å²) in [5.74, 6) is 0.0756. The van der Waals surface area contributed by atoms with Crippen molar-refractivity contribution in [3.8, 4) is 0 Å². The number of halogens is 1. The molecule has 0 saturated heterocycles. The predicted octanol–water partition coefficient (Wildman–Crippen LogP) is 4.38. The van der Waals surface area contributed by atoms with Crippen LogP contribution in [-0.2, 0) is 6.42 Å². The lowest BCUT2D eigenvalue weighted by Crippen LogP contribution is -2.09. The number of hydrogen-bond donors (Lipinski definition) is 0. The molecule has 0 fully saturated rings. The third kappa shape index (κ3) is 3.45. The average Bonchev–Trinajstić information content (AvgIpc) is 3.00. The van der Waals surface area contributed by atoms with E-state index in [9.17, 15) is 4.79 Å². The summed E-state index contributed by atoms with van der Waals surface area (Å²) in [6, 6.07) is 5.86. The van der Waals surface area contributed by atoms with Crippen molar-refractivity contribution in [1.29, 1.82) is 0 Å². The van der Waals surface area contributed by atoms with Gasteiger partial charge in [0.15, 0.2) is 5.78 Å². The highest BCUT2D eigenvalue weighted by Crippen LogP contribution is 2.23. The fraction of sp³-hybridized carbons (Fsp3) is 0.429. The van der Waals surface area contributed by atoms with Gasteiger partial charge in [0, 0.05) is 6.20 Å². The molecule has 2 rings (SSSR count). The molecular weight excluding hydrogens is 280 g/mol. The van der Waals surface area contributed by atoms with E-state index in [0.29, 0.717) is 21.7 Å². The number of carbonyl (C=O) groups is 1. The molecular formula is C14H17ClN2OS. The summed E-state index contributed by atoms with van der Waals surface area (Å²) in [5.41, 5.74) is 0.821. The summed E-state index contributed by atoms with van der Waals surface area (Å²) in [6.45, 7) is 4.29. The Morgan fingerprint density at radius 3 is 2.68 bits per heavy atom. The molecule has 0 amide bonds. The Morgan fingerprint density at radius 1 is 1.37 bits per heavy atom. The molecule has 2 heterocycles. The van der Waals surface area contributed by atoms with E-state index in [1.54, 1.807) is 12.1 Å². The topological polar surface area (TPSA) is 34.9 Å². The Labute approximate surface area is 122 Å². The van der Waals surface area contributed by atoms with Gasteiger partial charge >= 0.3 is 0 Å². The van der Waals surface area contributed by atoms with Crippen LogP contribution >= 0.6 is 22.9 Å². The summed E-state index contributed by atoms with van der Waals surface area (Å²) in [5, 5.41) is 4.49. The minimum atomic E-state index is 0.0756. The van der Waals surface area contributed by atoms with Gasteiger partial charge in [-0.25, -0.2) is 0 Å². The van der Waals surface area contributed by atoms with Gasteiger partial charge in [-0.15, -0.1) is 11.3 Å². The second-order valence-corrected chi connectivity index (χ2v) is 6.18. The van der Waals surface area contributed by atoms with Crippen LogP contribution in [-0.4, -0.2) is 15.6 Å². The van der Waals surface area contributed by atoms with Gasteiger partial charge in [0.1, 0.15) is 0 Å². The van der Waals surface area contributed by atoms with Crippen molar-refractivity contribution in [2.45, 2.75) is 39.2 Å². The number of thiophene rings is 1. The summed E-state index contributed by atoms with van der Waals surface area (Å²) >= 11 is 7.16. The van der Waals surface area contributed by atoms with Crippen LogP contribution in [0, 0.1) is 0 Å². The number of carbonyl (C=O) groups excluding carboxylic acids is 1. The van der Waals surface area contributed by atoms with E-state index in [4.69, 9.17) is 11.6 Å². The highest BCUT2D eigenvalue weighted by Gasteiger charge is 2.13. The Bertz CT molecular complexity index is 557. The molecule has 2 aromatic rings. The maximum Gasteiger partial charge on any atom is 0.178 e. The van der Waals surface area contributed by atoms with Crippen molar-refractivity contribution < 1.29 is 4.79 Å². The lowest BCUT2D eigenvalue weighted by Gasteiger charge is -2.12. The van der Waals surface area contributed by atoms with Gasteiger partial charge in [-0.1, -0.05) is 25.4 Å². The fourth-order valence-electron chi connectivity index (χ4n) is 2.05. The number of Topliss-reactive ketones (excluding diaryl/α,β-unsaturated/α-hetero) is 1. The van der Waals surface area contributed by atoms with E-state index >= 15 is 0 Å². The molecule has 0 atom stereocenters. The molecule has 0 aliphatic heterocycles. The quantitative estimate of drug-likeness (QED) is 0.741. The Balaban J connectivity index is 2.06. The van der Waals surface area contributed by atoms with Crippen LogP contribution in [0.4, 0.5) is 0 Å². The minimum Gasteiger partial charge on any atom is -0.293 e. The van der Waals surface area contributed by atoms with Gasteiger partial charge in [-0.3, -0.25) is 9.48 Å². The van der Waals surface area contributed by atoms with Crippen molar-refractivity contribution in [2.24, 2.45) is 0 Å². The van der Waals surface area contributed by atoms with Gasteiger partial charge in [0.2, 0.25) is 0 Å². The normalized spacial score (nSPS) is 11.2. The highest BCUT2D eigenvalue weighted by atomic mass is 35.5. The third-order valence-electron chi connectivity index (χ3n) is 3.17. The fourth-order valence-corrected chi connectivity index (χ4v) is 3.03. The zero-order valence-electron chi connectivity index (χ0n) is 11.1. The molecule has 0 saturated carbocycles. The molecule has 5 heteroatoms. The molecule has 2 aromatic heterocycles. The lowest BCUT2D eigenvalue weighted by atomic mass is 10.2. The smallest absolute Gasteiger partial charge is 0.178 e. The number of rotatable bonds is 6. The molecule has 0 radical (unpaired) electrons. The first kappa shape index (κ1) is 14.3. The zero-order valence-corrected chi connectivity index (χ0v) is 12.7. The molecule has 0 aliphatic carbocycles. The van der Waals surface area contributed by atoms with Crippen LogP contribution in [0.1, 0.15) is 48.1 Å². The zero-order chi connectivity index (χ0) is 13.8. The van der Waals surface area contributed by atoms with Crippen LogP contribution in [0.2, 0.25) is 4.34 Å². The molecule has 3 nitrogen and oxygen atoms in total. The van der Waals surface area contributed by atoms with E-state index in [1.807, 2.05) is 16.9 Å². The summed E-state index contributed by atoms with van der Waals surface area (Å²) < 4.78 is 2.61. The first-order chi connectivity index (χ1) is 9.13. The van der Waals surface area contributed by atoms with Crippen LogP contribution in [0.25, 0.3) is 0 Å². The second-order valence-electron chi connectivity index (χ2n) is 4.46. The summed E-state index contributed by atoms with van der Waals surface area (Å²) in [7, 11) is 0. The van der Waals surface area contributed by atoms with Crippen molar-refractivity contribution >= 4 is 28.7 Å². The molecule has 0 unspecified atom stereocenters.